The molecule has 0 rings (SSSR count). The molecule has 0 nitrogen and oxygen atoms in total. The molecule has 0 aromatic heterocycles. The van der Waals surface area contributed by atoms with E-state index < -0.39 is 0 Å². The molecule has 0 saturated carbocycles. The topological polar surface area (TPSA) is 0 Å². The maximum absolute atomic E-state index is 0. The van der Waals surface area contributed by atoms with Crippen molar-refractivity contribution in [2.45, 2.75) is 0 Å². The summed E-state index contributed by atoms with van der Waals surface area (Å²) < 4.78 is 0. The normalized spacial score (nSPS) is 0. The standard InChI is InChI=1S/BH3.Ca.FH.H3P.2H/h1H3;;1H;1H3;;. The predicted molar refractivity (Wildman–Crippen MR) is 32.1 cm³/mol. The molecule has 4 heteroatoms. The summed E-state index contributed by atoms with van der Waals surface area (Å²) in [4.78, 5) is 0. The van der Waals surface area contributed by atoms with Crippen LogP contribution in [0.25, 0.3) is 0 Å². The molecule has 0 aromatic carbocycles. The first-order chi connectivity index (χ1) is 0. The molecule has 0 fully saturated rings. The first-order valence-corrected chi connectivity index (χ1v) is 0. The van der Waals surface area contributed by atoms with E-state index in [0.29, 0.717) is 0 Å². The molecule has 0 aliphatic carbocycles. The molecule has 0 aromatic rings. The average Bonchev–Trinajstić information content (AvgIpc) is 0. The molecule has 26 valence electrons. The Morgan fingerprint density at radius 3 is 1.00 bits per heavy atom. The Bertz CT molecular complexity index is 8.00. The molecule has 0 radical (unpaired) electrons. The van der Waals surface area contributed by atoms with Gasteiger partial charge in [-0.1, -0.05) is 0 Å². The molecular weight excluding hydrogens is 101 g/mol. The molecular formula is H9BCaFP. The molecule has 0 spiro atoms. The van der Waals surface area contributed by atoms with Gasteiger partial charge in [0.15, 0.2) is 0 Å². The predicted octanol–water partition coefficient (Wildman–Crippen LogP) is -1.89. The van der Waals surface area contributed by atoms with Crippen molar-refractivity contribution in [2.24, 2.45) is 0 Å². The van der Waals surface area contributed by atoms with E-state index in [9.17, 15) is 0 Å². The van der Waals surface area contributed by atoms with Crippen LogP contribution in [0.2, 0.25) is 0 Å². The van der Waals surface area contributed by atoms with Crippen LogP contribution in [0.4, 0.5) is 4.70 Å². The minimum absolute atomic E-state index is 0. The Morgan fingerprint density at radius 1 is 1.00 bits per heavy atom. The van der Waals surface area contributed by atoms with Crippen LogP contribution >= 0.6 is 9.90 Å². The Labute approximate surface area is 60.3 Å². The van der Waals surface area contributed by atoms with Gasteiger partial charge in [-0.25, -0.2) is 0 Å². The van der Waals surface area contributed by atoms with Gasteiger partial charge in [0.2, 0.25) is 0 Å². The van der Waals surface area contributed by atoms with Gasteiger partial charge in [0.05, 0.1) is 8.41 Å². The van der Waals surface area contributed by atoms with Gasteiger partial charge in [-0.05, 0) is 0 Å². The van der Waals surface area contributed by atoms with Gasteiger partial charge < -0.3 is 0 Å². The second-order valence-corrected chi connectivity index (χ2v) is 0. The quantitative estimate of drug-likeness (QED) is 0.252. The van der Waals surface area contributed by atoms with Crippen molar-refractivity contribution in [2.75, 3.05) is 0 Å². The van der Waals surface area contributed by atoms with Crippen LogP contribution in [-0.4, -0.2) is 46.2 Å². The van der Waals surface area contributed by atoms with Crippen LogP contribution in [0.5, 0.6) is 0 Å². The molecule has 0 aliphatic heterocycles. The summed E-state index contributed by atoms with van der Waals surface area (Å²) in [5.41, 5.74) is 0. The average molecular weight is 110 g/mol. The number of halogens is 1. The van der Waals surface area contributed by atoms with Gasteiger partial charge in [0, 0.05) is 0 Å². The van der Waals surface area contributed by atoms with Crippen molar-refractivity contribution in [3.8, 4) is 0 Å². The Morgan fingerprint density at radius 2 is 1.00 bits per heavy atom. The molecule has 0 bridgehead atoms. The molecule has 0 aliphatic rings. The van der Waals surface area contributed by atoms with Crippen LogP contribution in [0.3, 0.4) is 0 Å². The van der Waals surface area contributed by atoms with Crippen molar-refractivity contribution >= 4 is 56.1 Å². The number of hydrogen-bond acceptors (Lipinski definition) is 0. The van der Waals surface area contributed by atoms with E-state index in [4.69, 9.17) is 0 Å². The third-order valence-corrected chi connectivity index (χ3v) is 0. The summed E-state index contributed by atoms with van der Waals surface area (Å²) >= 11 is 0. The summed E-state index contributed by atoms with van der Waals surface area (Å²) in [6, 6.07) is 0. The molecule has 0 N–H and O–H groups in total. The Hall–Kier alpha value is 1.68. The van der Waals surface area contributed by atoms with Crippen LogP contribution in [0, 0.1) is 0 Å². The zero-order valence-corrected chi connectivity index (χ0v) is 2.53. The third-order valence-electron chi connectivity index (χ3n) is 0. The SMILES string of the molecule is B.F.P.[CaH2]. The maximum atomic E-state index is 0. The fraction of sp³-hybridized carbons (Fsp3) is 0. The van der Waals surface area contributed by atoms with Crippen molar-refractivity contribution in [3.63, 3.8) is 0 Å². The fourth-order valence-electron chi connectivity index (χ4n) is 0. The summed E-state index contributed by atoms with van der Waals surface area (Å²) in [6.45, 7) is 0. The monoisotopic (exact) mass is 110 g/mol. The fourth-order valence-corrected chi connectivity index (χ4v) is 0. The zero-order chi connectivity index (χ0) is 0. The molecule has 4 heavy (non-hydrogen) atoms. The van der Waals surface area contributed by atoms with Crippen LogP contribution < -0.4 is 0 Å². The first-order valence-electron chi connectivity index (χ1n) is 0. The second-order valence-electron chi connectivity index (χ2n) is 0. The van der Waals surface area contributed by atoms with Crippen molar-refractivity contribution in [1.29, 1.82) is 0 Å². The van der Waals surface area contributed by atoms with E-state index in [-0.39, 0.29) is 60.8 Å². The summed E-state index contributed by atoms with van der Waals surface area (Å²) in [5.74, 6) is 0. The van der Waals surface area contributed by atoms with Crippen molar-refractivity contribution in [1.82, 2.24) is 0 Å². The van der Waals surface area contributed by atoms with Gasteiger partial charge in [-0.15, -0.1) is 0 Å². The molecule has 0 saturated heterocycles. The van der Waals surface area contributed by atoms with Crippen LogP contribution in [-0.2, 0) is 0 Å². The van der Waals surface area contributed by atoms with E-state index in [1.54, 1.807) is 0 Å². The summed E-state index contributed by atoms with van der Waals surface area (Å²) in [6.07, 6.45) is 0. The molecule has 1 atom stereocenters. The van der Waals surface area contributed by atoms with Gasteiger partial charge >= 0.3 is 37.7 Å². The van der Waals surface area contributed by atoms with Crippen LogP contribution in [0.1, 0.15) is 0 Å². The van der Waals surface area contributed by atoms with E-state index in [2.05, 4.69) is 0 Å². The summed E-state index contributed by atoms with van der Waals surface area (Å²) in [7, 11) is 0. The van der Waals surface area contributed by atoms with Gasteiger partial charge in [-0.3, -0.25) is 4.70 Å². The van der Waals surface area contributed by atoms with Crippen molar-refractivity contribution in [3.05, 3.63) is 0 Å². The van der Waals surface area contributed by atoms with Crippen LogP contribution in [0.15, 0.2) is 0 Å². The summed E-state index contributed by atoms with van der Waals surface area (Å²) in [5, 5.41) is 0. The van der Waals surface area contributed by atoms with E-state index >= 15 is 0 Å². The Kier molecular flexibility index (Phi) is 246. The minimum atomic E-state index is 0. The van der Waals surface area contributed by atoms with Crippen molar-refractivity contribution < 1.29 is 4.70 Å². The Balaban J connectivity index is 0. The van der Waals surface area contributed by atoms with Gasteiger partial charge in [-0.2, -0.15) is 9.90 Å². The number of rotatable bonds is 0. The van der Waals surface area contributed by atoms with E-state index in [1.165, 1.54) is 0 Å². The zero-order valence-electron chi connectivity index (χ0n) is 1.12. The van der Waals surface area contributed by atoms with Gasteiger partial charge in [0.1, 0.15) is 0 Å². The molecule has 1 unspecified atom stereocenters. The first kappa shape index (κ1) is 44.0. The molecule has 0 heterocycles. The van der Waals surface area contributed by atoms with E-state index in [1.807, 2.05) is 0 Å². The van der Waals surface area contributed by atoms with Gasteiger partial charge in [0.25, 0.3) is 0 Å². The number of hydrogen-bond donors (Lipinski definition) is 0. The third kappa shape index (κ3) is 9.36. The molecule has 0 amide bonds. The van der Waals surface area contributed by atoms with E-state index in [0.717, 1.165) is 0 Å². The second kappa shape index (κ2) is 22.4.